The molecule has 4 heteroatoms. The van der Waals surface area contributed by atoms with Crippen molar-refractivity contribution in [3.8, 4) is 5.75 Å². The Morgan fingerprint density at radius 1 is 1.15 bits per heavy atom. The number of Topliss-reactive ketones (excluding diaryl/α,β-unsaturated/α-hetero) is 1. The average molecular weight is 351 g/mol. The van der Waals surface area contributed by atoms with E-state index in [1.807, 2.05) is 61.2 Å². The minimum absolute atomic E-state index is 0.0502. The highest BCUT2D eigenvalue weighted by molar-refractivity contribution is 5.97. The first-order valence-corrected chi connectivity index (χ1v) is 8.89. The summed E-state index contributed by atoms with van der Waals surface area (Å²) in [6, 6.07) is 13.6. The molecule has 0 spiro atoms. The first-order valence-electron chi connectivity index (χ1n) is 8.89. The lowest BCUT2D eigenvalue weighted by Crippen LogP contribution is -2.37. The number of nitrogens with zero attached hydrogens (tertiary/aromatic N) is 1. The first kappa shape index (κ1) is 18.2. The molecule has 4 nitrogen and oxygen atoms in total. The Morgan fingerprint density at radius 3 is 2.46 bits per heavy atom. The van der Waals surface area contributed by atoms with E-state index in [0.717, 1.165) is 34.4 Å². The lowest BCUT2D eigenvalue weighted by atomic mass is 9.79. The van der Waals surface area contributed by atoms with Crippen LogP contribution in [0.25, 0.3) is 0 Å². The summed E-state index contributed by atoms with van der Waals surface area (Å²) in [7, 11) is 1.64. The molecule has 0 aliphatic carbocycles. The van der Waals surface area contributed by atoms with E-state index in [9.17, 15) is 9.59 Å². The fourth-order valence-corrected chi connectivity index (χ4v) is 3.23. The third-order valence-corrected chi connectivity index (χ3v) is 5.41. The molecule has 0 aromatic heterocycles. The molecule has 1 aliphatic rings. The number of hydrogen-bond acceptors (Lipinski definition) is 3. The van der Waals surface area contributed by atoms with Gasteiger partial charge in [0.1, 0.15) is 11.5 Å². The number of hydrogen-bond donors (Lipinski definition) is 0. The average Bonchev–Trinajstić information content (AvgIpc) is 2.64. The molecular formula is C22H25NO3. The van der Waals surface area contributed by atoms with Crippen molar-refractivity contribution in [1.82, 2.24) is 4.90 Å². The predicted octanol–water partition coefficient (Wildman–Crippen LogP) is 3.76. The smallest absolute Gasteiger partial charge is 0.254 e. The molecule has 2 aromatic rings. The topological polar surface area (TPSA) is 46.6 Å². The highest BCUT2D eigenvalue weighted by Gasteiger charge is 2.29. The quantitative estimate of drug-likeness (QED) is 0.824. The summed E-state index contributed by atoms with van der Waals surface area (Å²) in [5.41, 5.74) is 3.30. The van der Waals surface area contributed by atoms with Crippen LogP contribution in [0.2, 0.25) is 0 Å². The number of fused-ring (bicyclic) bond motifs is 1. The van der Waals surface area contributed by atoms with Gasteiger partial charge in [0.15, 0.2) is 0 Å². The van der Waals surface area contributed by atoms with Crippen LogP contribution in [0.3, 0.4) is 0 Å². The Bertz CT molecular complexity index is 837. The minimum atomic E-state index is -0.529. The molecule has 0 fully saturated rings. The van der Waals surface area contributed by atoms with Crippen LogP contribution in [0, 0.1) is 0 Å². The van der Waals surface area contributed by atoms with Crippen LogP contribution in [0.4, 0.5) is 0 Å². The van der Waals surface area contributed by atoms with E-state index in [2.05, 4.69) is 0 Å². The summed E-state index contributed by atoms with van der Waals surface area (Å²) in [5, 5.41) is 0. The highest BCUT2D eigenvalue weighted by Crippen LogP contribution is 2.29. The van der Waals surface area contributed by atoms with Crippen molar-refractivity contribution in [1.29, 1.82) is 0 Å². The van der Waals surface area contributed by atoms with Crippen molar-refractivity contribution in [2.75, 3.05) is 13.7 Å². The molecule has 3 rings (SSSR count). The van der Waals surface area contributed by atoms with Crippen LogP contribution in [-0.2, 0) is 23.2 Å². The Balaban J connectivity index is 1.81. The fourth-order valence-electron chi connectivity index (χ4n) is 3.23. The van der Waals surface area contributed by atoms with Crippen molar-refractivity contribution < 1.29 is 14.3 Å². The second kappa shape index (κ2) is 6.94. The van der Waals surface area contributed by atoms with E-state index in [-0.39, 0.29) is 11.7 Å². The van der Waals surface area contributed by atoms with Crippen molar-refractivity contribution in [2.45, 2.75) is 39.2 Å². The summed E-state index contributed by atoms with van der Waals surface area (Å²) in [4.78, 5) is 26.7. The van der Waals surface area contributed by atoms with Crippen LogP contribution in [0.15, 0.2) is 42.5 Å². The lowest BCUT2D eigenvalue weighted by molar-refractivity contribution is -0.121. The van der Waals surface area contributed by atoms with Crippen molar-refractivity contribution >= 4 is 11.7 Å². The molecule has 0 radical (unpaired) electrons. The standard InChI is InChI=1S/C22H25NO3/c1-15(24)22(2,3)18-7-10-20-17(13-18)11-12-23(21(20)25)14-16-5-8-19(26-4)9-6-16/h5-10,13H,11-12,14H2,1-4H3. The number of benzene rings is 2. The Hall–Kier alpha value is -2.62. The highest BCUT2D eigenvalue weighted by atomic mass is 16.5. The zero-order valence-corrected chi connectivity index (χ0v) is 15.8. The zero-order chi connectivity index (χ0) is 18.9. The number of methoxy groups -OCH3 is 1. The van der Waals surface area contributed by atoms with Crippen LogP contribution < -0.4 is 4.74 Å². The third kappa shape index (κ3) is 3.36. The molecular weight excluding hydrogens is 326 g/mol. The van der Waals surface area contributed by atoms with Crippen molar-refractivity contribution in [3.63, 3.8) is 0 Å². The number of carbonyl (C=O) groups excluding carboxylic acids is 2. The van der Waals surface area contributed by atoms with Crippen molar-refractivity contribution in [3.05, 3.63) is 64.7 Å². The molecule has 136 valence electrons. The van der Waals surface area contributed by atoms with Gasteiger partial charge in [-0.05, 0) is 62.1 Å². The van der Waals surface area contributed by atoms with Gasteiger partial charge in [-0.15, -0.1) is 0 Å². The molecule has 0 N–H and O–H groups in total. The SMILES string of the molecule is COc1ccc(CN2CCc3cc(C(C)(C)C(C)=O)ccc3C2=O)cc1. The molecule has 1 aliphatic heterocycles. The Morgan fingerprint density at radius 2 is 1.85 bits per heavy atom. The molecule has 26 heavy (non-hydrogen) atoms. The largest absolute Gasteiger partial charge is 0.497 e. The fraction of sp³-hybridized carbons (Fsp3) is 0.364. The van der Waals surface area contributed by atoms with Gasteiger partial charge >= 0.3 is 0 Å². The van der Waals surface area contributed by atoms with Crippen LogP contribution in [0.5, 0.6) is 5.75 Å². The molecule has 1 amide bonds. The number of amides is 1. The molecule has 1 heterocycles. The zero-order valence-electron chi connectivity index (χ0n) is 15.8. The summed E-state index contributed by atoms with van der Waals surface area (Å²) < 4.78 is 5.18. The van der Waals surface area contributed by atoms with Crippen molar-refractivity contribution in [2.24, 2.45) is 0 Å². The van der Waals surface area contributed by atoms with Gasteiger partial charge in [0.05, 0.1) is 7.11 Å². The van der Waals surface area contributed by atoms with Crippen LogP contribution in [-0.4, -0.2) is 30.2 Å². The van der Waals surface area contributed by atoms with Gasteiger partial charge in [-0.25, -0.2) is 0 Å². The molecule has 0 saturated carbocycles. The van der Waals surface area contributed by atoms with Gasteiger partial charge in [0, 0.05) is 24.1 Å². The number of ether oxygens (including phenoxy) is 1. The maximum Gasteiger partial charge on any atom is 0.254 e. The monoisotopic (exact) mass is 351 g/mol. The lowest BCUT2D eigenvalue weighted by Gasteiger charge is -2.30. The second-order valence-electron chi connectivity index (χ2n) is 7.38. The maximum atomic E-state index is 12.9. The second-order valence-corrected chi connectivity index (χ2v) is 7.38. The van der Waals surface area contributed by atoms with Gasteiger partial charge in [-0.1, -0.05) is 24.3 Å². The molecule has 2 aromatic carbocycles. The molecule has 0 atom stereocenters. The molecule has 0 bridgehead atoms. The normalized spacial score (nSPS) is 14.2. The van der Waals surface area contributed by atoms with Gasteiger partial charge in [0.25, 0.3) is 5.91 Å². The number of carbonyl (C=O) groups is 2. The van der Waals surface area contributed by atoms with Gasteiger partial charge in [-0.2, -0.15) is 0 Å². The van der Waals surface area contributed by atoms with E-state index in [4.69, 9.17) is 4.74 Å². The molecule has 0 saturated heterocycles. The summed E-state index contributed by atoms with van der Waals surface area (Å²) in [5.74, 6) is 0.986. The summed E-state index contributed by atoms with van der Waals surface area (Å²) in [6.07, 6.45) is 0.805. The Labute approximate surface area is 154 Å². The third-order valence-electron chi connectivity index (χ3n) is 5.41. The summed E-state index contributed by atoms with van der Waals surface area (Å²) in [6.45, 7) is 6.74. The minimum Gasteiger partial charge on any atom is -0.497 e. The Kier molecular flexibility index (Phi) is 4.86. The van der Waals surface area contributed by atoms with Gasteiger partial charge < -0.3 is 9.64 Å². The van der Waals surface area contributed by atoms with E-state index in [1.54, 1.807) is 14.0 Å². The molecule has 0 unspecified atom stereocenters. The van der Waals surface area contributed by atoms with E-state index in [0.29, 0.717) is 13.1 Å². The first-order chi connectivity index (χ1) is 12.3. The van der Waals surface area contributed by atoms with E-state index < -0.39 is 5.41 Å². The van der Waals surface area contributed by atoms with Crippen LogP contribution in [0.1, 0.15) is 47.8 Å². The van der Waals surface area contributed by atoms with Gasteiger partial charge in [-0.3, -0.25) is 9.59 Å². The van der Waals surface area contributed by atoms with E-state index >= 15 is 0 Å². The van der Waals surface area contributed by atoms with E-state index in [1.165, 1.54) is 0 Å². The maximum absolute atomic E-state index is 12.9. The van der Waals surface area contributed by atoms with Crippen LogP contribution >= 0.6 is 0 Å². The van der Waals surface area contributed by atoms with Gasteiger partial charge in [0.2, 0.25) is 0 Å². The number of ketones is 1. The number of rotatable bonds is 5. The summed E-state index contributed by atoms with van der Waals surface area (Å²) >= 11 is 0. The predicted molar refractivity (Wildman–Crippen MR) is 102 cm³/mol.